The topological polar surface area (TPSA) is 71.8 Å². The number of rotatable bonds is 6. The van der Waals surface area contributed by atoms with Gasteiger partial charge in [0.15, 0.2) is 0 Å². The highest BCUT2D eigenvalue weighted by atomic mass is 19.1. The predicted octanol–water partition coefficient (Wildman–Crippen LogP) is 1.17. The van der Waals surface area contributed by atoms with E-state index in [9.17, 15) is 9.18 Å². The first-order valence-electron chi connectivity index (χ1n) is 6.32. The van der Waals surface area contributed by atoms with Gasteiger partial charge in [-0.05, 0) is 19.1 Å². The molecule has 106 valence electrons. The summed E-state index contributed by atoms with van der Waals surface area (Å²) in [4.78, 5) is 11.7. The minimum Gasteiger partial charge on any atom is -0.322 e. The molecule has 0 aliphatic carbocycles. The largest absolute Gasteiger partial charge is 0.322 e. The quantitative estimate of drug-likeness (QED) is 0.831. The summed E-state index contributed by atoms with van der Waals surface area (Å²) in [5, 5.41) is 13.2. The number of nitrogens with zero attached hydrogens (tertiary/aromatic N) is 3. The smallest absolute Gasteiger partial charge is 0.238 e. The van der Waals surface area contributed by atoms with Crippen molar-refractivity contribution >= 4 is 11.6 Å². The van der Waals surface area contributed by atoms with E-state index in [-0.39, 0.29) is 18.1 Å². The molecular weight excluding hydrogens is 261 g/mol. The van der Waals surface area contributed by atoms with E-state index in [0.717, 1.165) is 12.4 Å². The number of aromatic nitrogens is 3. The Labute approximate surface area is 116 Å². The number of para-hydroxylation sites is 1. The van der Waals surface area contributed by atoms with Crippen LogP contribution in [0.4, 0.5) is 10.1 Å². The third-order valence-electron chi connectivity index (χ3n) is 2.75. The maximum Gasteiger partial charge on any atom is 0.238 e. The molecule has 1 aromatic heterocycles. The molecule has 1 amide bonds. The minimum absolute atomic E-state index is 0.0743. The standard InChI is InChI=1S/C13H16FN5O/c1-2-19-9-16-18-12(19)7-15-8-13(20)17-11-6-4-3-5-10(11)14/h3-6,9,15H,2,7-8H2,1H3,(H,17,20). The Morgan fingerprint density at radius 2 is 2.20 bits per heavy atom. The third kappa shape index (κ3) is 3.61. The number of amides is 1. The van der Waals surface area contributed by atoms with Crippen LogP contribution < -0.4 is 10.6 Å². The molecular formula is C13H16FN5O. The van der Waals surface area contributed by atoms with E-state index in [4.69, 9.17) is 0 Å². The number of halogens is 1. The lowest BCUT2D eigenvalue weighted by atomic mass is 10.3. The number of carbonyl (C=O) groups excluding carboxylic acids is 1. The van der Waals surface area contributed by atoms with Gasteiger partial charge in [-0.15, -0.1) is 10.2 Å². The molecule has 0 aliphatic rings. The Bertz CT molecular complexity index is 584. The molecule has 20 heavy (non-hydrogen) atoms. The van der Waals surface area contributed by atoms with E-state index in [2.05, 4.69) is 20.8 Å². The van der Waals surface area contributed by atoms with Crippen molar-refractivity contribution in [1.29, 1.82) is 0 Å². The lowest BCUT2D eigenvalue weighted by Crippen LogP contribution is -2.29. The van der Waals surface area contributed by atoms with Crippen molar-refractivity contribution in [3.8, 4) is 0 Å². The fraction of sp³-hybridized carbons (Fsp3) is 0.308. The number of carbonyl (C=O) groups is 1. The number of hydrogen-bond acceptors (Lipinski definition) is 4. The van der Waals surface area contributed by atoms with Crippen LogP contribution >= 0.6 is 0 Å². The lowest BCUT2D eigenvalue weighted by Gasteiger charge is -2.07. The highest BCUT2D eigenvalue weighted by Crippen LogP contribution is 2.11. The van der Waals surface area contributed by atoms with E-state index in [1.165, 1.54) is 12.1 Å². The van der Waals surface area contributed by atoms with Crippen LogP contribution in [0, 0.1) is 5.82 Å². The summed E-state index contributed by atoms with van der Waals surface area (Å²) in [6.45, 7) is 3.26. The van der Waals surface area contributed by atoms with Gasteiger partial charge in [0.05, 0.1) is 18.8 Å². The number of benzene rings is 1. The van der Waals surface area contributed by atoms with Crippen LogP contribution in [0.2, 0.25) is 0 Å². The highest BCUT2D eigenvalue weighted by molar-refractivity contribution is 5.92. The fourth-order valence-electron chi connectivity index (χ4n) is 1.72. The van der Waals surface area contributed by atoms with Crippen molar-refractivity contribution in [1.82, 2.24) is 20.1 Å². The molecule has 6 nitrogen and oxygen atoms in total. The second-order valence-electron chi connectivity index (χ2n) is 4.16. The molecule has 0 saturated heterocycles. The molecule has 0 fully saturated rings. The molecule has 7 heteroatoms. The zero-order valence-corrected chi connectivity index (χ0v) is 11.1. The molecule has 0 spiro atoms. The van der Waals surface area contributed by atoms with Gasteiger partial charge in [-0.25, -0.2) is 4.39 Å². The Morgan fingerprint density at radius 3 is 2.95 bits per heavy atom. The summed E-state index contributed by atoms with van der Waals surface area (Å²) in [6, 6.07) is 6.05. The molecule has 2 N–H and O–H groups in total. The average Bonchev–Trinajstić information content (AvgIpc) is 2.89. The maximum atomic E-state index is 13.3. The van der Waals surface area contributed by atoms with Crippen molar-refractivity contribution < 1.29 is 9.18 Å². The third-order valence-corrected chi connectivity index (χ3v) is 2.75. The first-order valence-corrected chi connectivity index (χ1v) is 6.32. The van der Waals surface area contributed by atoms with Crippen LogP contribution in [0.1, 0.15) is 12.7 Å². The number of anilines is 1. The van der Waals surface area contributed by atoms with Crippen molar-refractivity contribution in [2.24, 2.45) is 0 Å². The number of hydrogen-bond donors (Lipinski definition) is 2. The average molecular weight is 277 g/mol. The van der Waals surface area contributed by atoms with Crippen LogP contribution in [-0.2, 0) is 17.9 Å². The fourth-order valence-corrected chi connectivity index (χ4v) is 1.72. The molecule has 2 aromatic rings. The summed E-state index contributed by atoms with van der Waals surface area (Å²) in [5.74, 6) is -0.00423. The van der Waals surface area contributed by atoms with Gasteiger partial charge in [0, 0.05) is 6.54 Å². The van der Waals surface area contributed by atoms with E-state index in [1.54, 1.807) is 18.5 Å². The predicted molar refractivity (Wildman–Crippen MR) is 72.4 cm³/mol. The van der Waals surface area contributed by atoms with Crippen molar-refractivity contribution in [2.45, 2.75) is 20.0 Å². The van der Waals surface area contributed by atoms with Crippen molar-refractivity contribution in [3.05, 3.63) is 42.2 Å². The first kappa shape index (κ1) is 14.1. The van der Waals surface area contributed by atoms with Gasteiger partial charge >= 0.3 is 0 Å². The summed E-state index contributed by atoms with van der Waals surface area (Å²) < 4.78 is 15.2. The van der Waals surface area contributed by atoms with Gasteiger partial charge in [-0.2, -0.15) is 0 Å². The molecule has 0 aliphatic heterocycles. The second-order valence-corrected chi connectivity index (χ2v) is 4.16. The number of nitrogens with one attached hydrogen (secondary N) is 2. The van der Waals surface area contributed by atoms with E-state index in [1.807, 2.05) is 11.5 Å². The van der Waals surface area contributed by atoms with Crippen molar-refractivity contribution in [2.75, 3.05) is 11.9 Å². The number of aryl methyl sites for hydroxylation is 1. The molecule has 0 radical (unpaired) electrons. The Balaban J connectivity index is 1.80. The van der Waals surface area contributed by atoms with E-state index < -0.39 is 5.82 Å². The zero-order valence-electron chi connectivity index (χ0n) is 11.1. The molecule has 0 unspecified atom stereocenters. The highest BCUT2D eigenvalue weighted by Gasteiger charge is 2.07. The zero-order chi connectivity index (χ0) is 14.4. The molecule has 2 rings (SSSR count). The van der Waals surface area contributed by atoms with Gasteiger partial charge in [-0.1, -0.05) is 12.1 Å². The normalized spacial score (nSPS) is 10.5. The van der Waals surface area contributed by atoms with Gasteiger partial charge in [0.25, 0.3) is 0 Å². The van der Waals surface area contributed by atoms with E-state index >= 15 is 0 Å². The van der Waals surface area contributed by atoms with Crippen LogP contribution in [0.3, 0.4) is 0 Å². The first-order chi connectivity index (χ1) is 9.70. The monoisotopic (exact) mass is 277 g/mol. The van der Waals surface area contributed by atoms with Gasteiger partial charge in [-0.3, -0.25) is 4.79 Å². The lowest BCUT2D eigenvalue weighted by molar-refractivity contribution is -0.115. The molecule has 0 saturated carbocycles. The summed E-state index contributed by atoms with van der Waals surface area (Å²) in [5.41, 5.74) is 0.177. The Morgan fingerprint density at radius 1 is 1.40 bits per heavy atom. The van der Waals surface area contributed by atoms with Crippen molar-refractivity contribution in [3.63, 3.8) is 0 Å². The van der Waals surface area contributed by atoms with Crippen LogP contribution in [0.25, 0.3) is 0 Å². The van der Waals surface area contributed by atoms with Gasteiger partial charge < -0.3 is 15.2 Å². The van der Waals surface area contributed by atoms with Gasteiger partial charge in [0.2, 0.25) is 5.91 Å². The Hall–Kier alpha value is -2.28. The molecule has 1 heterocycles. The second kappa shape index (κ2) is 6.76. The van der Waals surface area contributed by atoms with Gasteiger partial charge in [0.1, 0.15) is 18.0 Å². The van der Waals surface area contributed by atoms with Crippen LogP contribution in [0.5, 0.6) is 0 Å². The van der Waals surface area contributed by atoms with Crippen LogP contribution in [0.15, 0.2) is 30.6 Å². The molecule has 1 aromatic carbocycles. The molecule has 0 atom stereocenters. The SMILES string of the molecule is CCn1cnnc1CNCC(=O)Nc1ccccc1F. The summed E-state index contributed by atoms with van der Waals surface area (Å²) in [7, 11) is 0. The summed E-state index contributed by atoms with van der Waals surface area (Å²) >= 11 is 0. The minimum atomic E-state index is -0.452. The van der Waals surface area contributed by atoms with E-state index in [0.29, 0.717) is 6.54 Å². The summed E-state index contributed by atoms with van der Waals surface area (Å²) in [6.07, 6.45) is 1.64. The molecule has 0 bridgehead atoms. The van der Waals surface area contributed by atoms with Crippen LogP contribution in [-0.4, -0.2) is 27.2 Å². The maximum absolute atomic E-state index is 13.3. The Kier molecular flexibility index (Phi) is 4.78.